The quantitative estimate of drug-likeness (QED) is 0.0357. The SMILES string of the molecule is CCOC(=O)[C@@H](Cc1ccccc1OCc1ccnc(-c2cccc(OCCOS(=O)(=O)c3ccc(C)cc3)c2)n1)Oc1ncnc2sc(-c3ccc(F)cc3)c(-c3ccc(OCCN4CCN(C)CC4)c(Cl)c3C)c12. The van der Waals surface area contributed by atoms with E-state index in [1.165, 1.54) is 41.9 Å². The van der Waals surface area contributed by atoms with E-state index in [2.05, 4.69) is 31.8 Å². The van der Waals surface area contributed by atoms with E-state index < -0.39 is 22.2 Å². The van der Waals surface area contributed by atoms with Gasteiger partial charge < -0.3 is 28.6 Å². The lowest BCUT2D eigenvalue weighted by molar-refractivity contribution is -0.151. The van der Waals surface area contributed by atoms with Crippen LogP contribution in [0.5, 0.6) is 23.1 Å². The fraction of sp³-hybridized carbons (Fsp3) is 0.281. The second-order valence-electron chi connectivity index (χ2n) is 18.0. The smallest absolute Gasteiger partial charge is 0.347 e. The van der Waals surface area contributed by atoms with E-state index >= 15 is 0 Å². The van der Waals surface area contributed by atoms with Crippen LogP contribution in [0.25, 0.3) is 43.2 Å². The Morgan fingerprint density at radius 3 is 2.39 bits per heavy atom. The van der Waals surface area contributed by atoms with E-state index in [0.717, 1.165) is 59.9 Å². The number of aromatic nitrogens is 4. The predicted molar refractivity (Wildman–Crippen MR) is 290 cm³/mol. The van der Waals surface area contributed by atoms with Crippen molar-refractivity contribution < 1.29 is 45.5 Å². The molecule has 4 heterocycles. The number of carbonyl (C=O) groups excluding carboxylic acids is 1. The van der Waals surface area contributed by atoms with Gasteiger partial charge in [0, 0.05) is 61.3 Å². The maximum absolute atomic E-state index is 14.4. The van der Waals surface area contributed by atoms with Gasteiger partial charge in [0.25, 0.3) is 10.1 Å². The second kappa shape index (κ2) is 24.7. The maximum Gasteiger partial charge on any atom is 0.347 e. The number of likely N-dealkylation sites (N-methyl/N-ethyl adjacent to an activating group) is 1. The number of aryl methyl sites for hydroxylation is 1. The first-order chi connectivity index (χ1) is 36.8. The standard InChI is InChI=1S/C57H56ClFN6O9S2/c1-5-69-57(66)49(34-40-9-6-7-12-47(40)72-35-43-23-24-60-54(63-43)41-10-8-11-44(33-41)70-31-32-73-76(67,68)45-19-13-37(2)14-20-45)74-55-51-50(53(75-56(51)62-36-61-55)39-15-17-42(59)18-16-39)46-21-22-48(52(58)38(46)3)71-30-29-65-27-25-64(4)26-28-65/h6-24,33,36,49H,5,25-32,34-35H2,1-4H3/t49-/m1/s1. The Hall–Kier alpha value is -7.06. The van der Waals surface area contributed by atoms with Crippen molar-refractivity contribution in [3.63, 3.8) is 0 Å². The third-order valence-electron chi connectivity index (χ3n) is 12.7. The molecule has 1 saturated heterocycles. The first-order valence-corrected chi connectivity index (χ1v) is 27.4. The first-order valence-electron chi connectivity index (χ1n) is 24.8. The Labute approximate surface area is 450 Å². The zero-order valence-electron chi connectivity index (χ0n) is 42.4. The van der Waals surface area contributed by atoms with E-state index in [0.29, 0.717) is 67.3 Å². The Kier molecular flexibility index (Phi) is 17.5. The minimum Gasteiger partial charge on any atom is -0.491 e. The molecule has 9 rings (SSSR count). The summed E-state index contributed by atoms with van der Waals surface area (Å²) in [5, 5.41) is 0.996. The lowest BCUT2D eigenvalue weighted by atomic mass is 9.96. The summed E-state index contributed by atoms with van der Waals surface area (Å²) in [4.78, 5) is 38.6. The van der Waals surface area contributed by atoms with Gasteiger partial charge in [-0.15, -0.1) is 11.3 Å². The molecule has 19 heteroatoms. The number of hydrogen-bond donors (Lipinski definition) is 0. The maximum atomic E-state index is 14.4. The molecule has 0 amide bonds. The first kappa shape index (κ1) is 53.8. The number of carbonyl (C=O) groups is 1. The monoisotopic (exact) mass is 1090 g/mol. The molecule has 76 heavy (non-hydrogen) atoms. The molecule has 1 fully saturated rings. The number of ether oxygens (including phenoxy) is 5. The second-order valence-corrected chi connectivity index (χ2v) is 21.0. The van der Waals surface area contributed by atoms with Gasteiger partial charge in [-0.05, 0) is 105 Å². The third-order valence-corrected chi connectivity index (χ3v) is 15.6. The van der Waals surface area contributed by atoms with Crippen LogP contribution < -0.4 is 18.9 Å². The highest BCUT2D eigenvalue weighted by atomic mass is 35.5. The average Bonchev–Trinajstić information content (AvgIpc) is 3.84. The molecule has 0 bridgehead atoms. The van der Waals surface area contributed by atoms with E-state index in [1.54, 1.807) is 67.7 Å². The molecular weight excluding hydrogens is 1030 g/mol. The van der Waals surface area contributed by atoms with Crippen LogP contribution in [0, 0.1) is 19.7 Å². The Morgan fingerprint density at radius 1 is 0.816 bits per heavy atom. The van der Waals surface area contributed by atoms with Crippen LogP contribution in [0.3, 0.4) is 0 Å². The van der Waals surface area contributed by atoms with Gasteiger partial charge in [0.05, 0.1) is 27.6 Å². The van der Waals surface area contributed by atoms with Crippen molar-refractivity contribution in [2.45, 2.75) is 44.8 Å². The highest BCUT2D eigenvalue weighted by molar-refractivity contribution is 7.86. The third kappa shape index (κ3) is 13.1. The Balaban J connectivity index is 0.929. The lowest BCUT2D eigenvalue weighted by Gasteiger charge is -2.32. The van der Waals surface area contributed by atoms with Gasteiger partial charge in [0.15, 0.2) is 5.82 Å². The largest absolute Gasteiger partial charge is 0.491 e. The topological polar surface area (TPSA) is 165 Å². The molecular formula is C57H56ClFN6O9S2. The van der Waals surface area contributed by atoms with Crippen molar-refractivity contribution in [3.8, 4) is 56.1 Å². The molecule has 15 nitrogen and oxygen atoms in total. The van der Waals surface area contributed by atoms with Crippen molar-refractivity contribution in [2.24, 2.45) is 0 Å². The molecule has 0 radical (unpaired) electrons. The number of esters is 1. The van der Waals surface area contributed by atoms with Gasteiger partial charge in [-0.25, -0.2) is 29.1 Å². The normalized spacial score (nSPS) is 13.6. The summed E-state index contributed by atoms with van der Waals surface area (Å²) in [6, 6.07) is 32.7. The molecule has 0 spiro atoms. The number of fused-ring (bicyclic) bond motifs is 1. The minimum absolute atomic E-state index is 0.0146. The average molecular weight is 1090 g/mol. The van der Waals surface area contributed by atoms with Crippen molar-refractivity contribution in [3.05, 3.63) is 161 Å². The van der Waals surface area contributed by atoms with Gasteiger partial charge in [-0.1, -0.05) is 77.8 Å². The molecule has 0 N–H and O–H groups in total. The van der Waals surface area contributed by atoms with Crippen molar-refractivity contribution >= 4 is 49.2 Å². The number of nitrogens with zero attached hydrogens (tertiary/aromatic N) is 6. The molecule has 1 aliphatic heterocycles. The highest BCUT2D eigenvalue weighted by Gasteiger charge is 2.30. The number of hydrogen-bond acceptors (Lipinski definition) is 16. The fourth-order valence-electron chi connectivity index (χ4n) is 8.58. The molecule has 0 aliphatic carbocycles. The summed E-state index contributed by atoms with van der Waals surface area (Å²) in [7, 11) is -1.81. The van der Waals surface area contributed by atoms with Gasteiger partial charge in [0.1, 0.15) is 60.7 Å². The van der Waals surface area contributed by atoms with Crippen molar-refractivity contribution in [1.82, 2.24) is 29.7 Å². The van der Waals surface area contributed by atoms with Gasteiger partial charge in [-0.2, -0.15) is 8.42 Å². The summed E-state index contributed by atoms with van der Waals surface area (Å²) in [6.07, 6.45) is 1.88. The summed E-state index contributed by atoms with van der Waals surface area (Å²) in [5.41, 5.74) is 5.79. The fourth-order valence-corrected chi connectivity index (χ4v) is 10.8. The lowest BCUT2D eigenvalue weighted by Crippen LogP contribution is -2.45. The number of benzene rings is 5. The van der Waals surface area contributed by atoms with Crippen LogP contribution in [-0.2, 0) is 36.9 Å². The molecule has 394 valence electrons. The molecule has 3 aromatic heterocycles. The van der Waals surface area contributed by atoms with Crippen molar-refractivity contribution in [2.75, 3.05) is 66.2 Å². The molecule has 1 aliphatic rings. The van der Waals surface area contributed by atoms with Crippen molar-refractivity contribution in [1.29, 1.82) is 0 Å². The zero-order valence-corrected chi connectivity index (χ0v) is 44.8. The minimum atomic E-state index is -3.94. The van der Waals surface area contributed by atoms with Crippen LogP contribution in [0.4, 0.5) is 4.39 Å². The Bertz CT molecular complexity index is 3410. The number of para-hydroxylation sites is 1. The van der Waals surface area contributed by atoms with Gasteiger partial charge >= 0.3 is 5.97 Å². The van der Waals surface area contributed by atoms with Gasteiger partial charge in [0.2, 0.25) is 12.0 Å². The number of thiophene rings is 1. The van der Waals surface area contributed by atoms with E-state index in [1.807, 2.05) is 50.2 Å². The van der Waals surface area contributed by atoms with E-state index in [-0.39, 0.29) is 49.4 Å². The summed E-state index contributed by atoms with van der Waals surface area (Å²) in [5.74, 6) is 1.10. The van der Waals surface area contributed by atoms with Crippen LogP contribution in [0.2, 0.25) is 5.02 Å². The molecule has 5 aromatic carbocycles. The Morgan fingerprint density at radius 2 is 1.61 bits per heavy atom. The molecule has 8 aromatic rings. The molecule has 1 atom stereocenters. The van der Waals surface area contributed by atoms with Gasteiger partial charge in [-0.3, -0.25) is 9.08 Å². The van der Waals surface area contributed by atoms with Crippen LogP contribution >= 0.6 is 22.9 Å². The predicted octanol–water partition coefficient (Wildman–Crippen LogP) is 10.4. The summed E-state index contributed by atoms with van der Waals surface area (Å²) < 4.78 is 75.6. The van der Waals surface area contributed by atoms with E-state index in [4.69, 9.17) is 44.5 Å². The molecule has 0 saturated carbocycles. The zero-order chi connectivity index (χ0) is 53.2. The number of piperazine rings is 1. The van der Waals surface area contributed by atoms with E-state index in [9.17, 15) is 17.6 Å². The van der Waals surface area contributed by atoms with Crippen LogP contribution in [0.1, 0.15) is 29.3 Å². The summed E-state index contributed by atoms with van der Waals surface area (Å²) >= 11 is 8.52. The molecule has 0 unspecified atom stereocenters. The van der Waals surface area contributed by atoms with Crippen LogP contribution in [-0.4, -0.2) is 116 Å². The van der Waals surface area contributed by atoms with Crippen LogP contribution in [0.15, 0.2) is 133 Å². The highest BCUT2D eigenvalue weighted by Crippen LogP contribution is 2.49. The number of rotatable bonds is 22. The number of halogens is 2. The summed E-state index contributed by atoms with van der Waals surface area (Å²) in [6.45, 7) is 10.7.